The number of amides is 1. The Morgan fingerprint density at radius 2 is 1.86 bits per heavy atom. The van der Waals surface area contributed by atoms with Crippen molar-refractivity contribution >= 4 is 39.0 Å². The molecule has 0 bridgehead atoms. The Morgan fingerprint density at radius 1 is 1.07 bits per heavy atom. The molecular formula is C24H21N3OS. The topological polar surface area (TPSA) is 49.8 Å². The molecule has 0 saturated heterocycles. The molecule has 5 aromatic rings. The Labute approximate surface area is 172 Å². The molecule has 29 heavy (non-hydrogen) atoms. The third kappa shape index (κ3) is 3.13. The van der Waals surface area contributed by atoms with Crippen LogP contribution >= 0.6 is 11.3 Å². The molecule has 3 aromatic heterocycles. The number of aryl methyl sites for hydroxylation is 1. The maximum Gasteiger partial charge on any atom is 0.253 e. The first-order chi connectivity index (χ1) is 14.2. The summed E-state index contributed by atoms with van der Waals surface area (Å²) in [6, 6.07) is 20.5. The summed E-state index contributed by atoms with van der Waals surface area (Å²) >= 11 is 1.72. The zero-order valence-electron chi connectivity index (χ0n) is 16.1. The summed E-state index contributed by atoms with van der Waals surface area (Å²) in [4.78, 5) is 17.7. The molecule has 5 heteroatoms. The number of carbonyl (C=O) groups is 1. The number of rotatable bonds is 5. The molecule has 0 aliphatic carbocycles. The molecule has 1 atom stereocenters. The van der Waals surface area contributed by atoms with Crippen LogP contribution < -0.4 is 5.32 Å². The van der Waals surface area contributed by atoms with Gasteiger partial charge in [0.2, 0.25) is 0 Å². The highest BCUT2D eigenvalue weighted by Gasteiger charge is 2.21. The lowest BCUT2D eigenvalue weighted by atomic mass is 9.96. The number of aromatic amines is 1. The monoisotopic (exact) mass is 399 g/mol. The molecule has 0 saturated carbocycles. The third-order valence-electron chi connectivity index (χ3n) is 5.49. The first-order valence-electron chi connectivity index (χ1n) is 9.64. The van der Waals surface area contributed by atoms with Crippen LogP contribution in [-0.2, 0) is 7.05 Å². The lowest BCUT2D eigenvalue weighted by molar-refractivity contribution is 0.0954. The van der Waals surface area contributed by atoms with Crippen molar-refractivity contribution in [1.82, 2.24) is 14.9 Å². The van der Waals surface area contributed by atoms with Gasteiger partial charge in [0, 0.05) is 58.6 Å². The molecule has 0 aliphatic rings. The maximum atomic E-state index is 13.1. The number of hydrogen-bond donors (Lipinski definition) is 2. The number of H-pyrrole nitrogens is 1. The van der Waals surface area contributed by atoms with Crippen LogP contribution in [-0.4, -0.2) is 22.0 Å². The molecule has 0 radical (unpaired) electrons. The van der Waals surface area contributed by atoms with E-state index in [0.29, 0.717) is 12.1 Å². The van der Waals surface area contributed by atoms with E-state index in [0.717, 1.165) is 16.4 Å². The Kier molecular flexibility index (Phi) is 4.45. The van der Waals surface area contributed by atoms with Crippen molar-refractivity contribution in [2.75, 3.05) is 6.54 Å². The standard InChI is InChI=1S/C24H21N3OS/c1-27-15-20(17-8-3-5-10-22(17)27)24(28)26-14-19(23-11-6-12-29-23)18-13-25-21-9-4-2-7-16(18)21/h2-13,15,19,25H,14H2,1H3,(H,26,28)/t19-/m1/s1. The van der Waals surface area contributed by atoms with Crippen molar-refractivity contribution in [2.24, 2.45) is 7.05 Å². The van der Waals surface area contributed by atoms with Crippen molar-refractivity contribution in [3.05, 3.63) is 94.4 Å². The summed E-state index contributed by atoms with van der Waals surface area (Å²) in [6.45, 7) is 0.546. The summed E-state index contributed by atoms with van der Waals surface area (Å²) in [5.74, 6) is 0.0632. The molecule has 0 unspecified atom stereocenters. The summed E-state index contributed by atoms with van der Waals surface area (Å²) in [5, 5.41) is 7.45. The fourth-order valence-corrected chi connectivity index (χ4v) is 4.89. The second kappa shape index (κ2) is 7.26. The van der Waals surface area contributed by atoms with Crippen LogP contribution in [0.4, 0.5) is 0 Å². The van der Waals surface area contributed by atoms with Gasteiger partial charge in [-0.1, -0.05) is 42.5 Å². The molecule has 144 valence electrons. The Bertz CT molecular complexity index is 1300. The van der Waals surface area contributed by atoms with Crippen LogP contribution in [0.15, 0.2) is 78.4 Å². The Balaban J connectivity index is 1.46. The molecule has 3 heterocycles. The molecular weight excluding hydrogens is 378 g/mol. The number of nitrogens with zero attached hydrogens (tertiary/aromatic N) is 1. The van der Waals surface area contributed by atoms with E-state index in [2.05, 4.69) is 52.2 Å². The molecule has 0 spiro atoms. The molecule has 5 rings (SSSR count). The van der Waals surface area contributed by atoms with E-state index in [9.17, 15) is 4.79 Å². The summed E-state index contributed by atoms with van der Waals surface area (Å²) in [6.07, 6.45) is 3.98. The molecule has 2 aromatic carbocycles. The summed E-state index contributed by atoms with van der Waals surface area (Å²) in [5.41, 5.74) is 4.10. The van der Waals surface area contributed by atoms with Gasteiger partial charge in [-0.2, -0.15) is 0 Å². The van der Waals surface area contributed by atoms with Crippen molar-refractivity contribution in [3.8, 4) is 0 Å². The van der Waals surface area contributed by atoms with Gasteiger partial charge < -0.3 is 14.9 Å². The molecule has 0 aliphatic heterocycles. The zero-order valence-corrected chi connectivity index (χ0v) is 16.9. The number of carbonyl (C=O) groups excluding carboxylic acids is 1. The number of aromatic nitrogens is 2. The van der Waals surface area contributed by atoms with Crippen LogP contribution in [0.5, 0.6) is 0 Å². The van der Waals surface area contributed by atoms with E-state index in [4.69, 9.17) is 0 Å². The Hall–Kier alpha value is -3.31. The van der Waals surface area contributed by atoms with Gasteiger partial charge in [0.05, 0.1) is 5.56 Å². The van der Waals surface area contributed by atoms with Gasteiger partial charge in [-0.25, -0.2) is 0 Å². The van der Waals surface area contributed by atoms with Crippen LogP contribution in [0.25, 0.3) is 21.8 Å². The molecule has 1 amide bonds. The number of hydrogen-bond acceptors (Lipinski definition) is 2. The van der Waals surface area contributed by atoms with E-state index in [1.807, 2.05) is 48.1 Å². The first-order valence-corrected chi connectivity index (χ1v) is 10.5. The summed E-state index contributed by atoms with van der Waals surface area (Å²) in [7, 11) is 1.97. The quantitative estimate of drug-likeness (QED) is 0.415. The third-order valence-corrected chi connectivity index (χ3v) is 6.48. The van der Waals surface area contributed by atoms with Gasteiger partial charge in [-0.05, 0) is 29.1 Å². The number of benzene rings is 2. The largest absolute Gasteiger partial charge is 0.361 e. The van der Waals surface area contributed by atoms with Crippen LogP contribution in [0.1, 0.15) is 26.7 Å². The van der Waals surface area contributed by atoms with Gasteiger partial charge in [0.15, 0.2) is 0 Å². The van der Waals surface area contributed by atoms with Gasteiger partial charge in [-0.15, -0.1) is 11.3 Å². The number of para-hydroxylation sites is 2. The maximum absolute atomic E-state index is 13.1. The minimum Gasteiger partial charge on any atom is -0.361 e. The average molecular weight is 400 g/mol. The van der Waals surface area contributed by atoms with E-state index in [1.165, 1.54) is 15.8 Å². The van der Waals surface area contributed by atoms with Crippen LogP contribution in [0.3, 0.4) is 0 Å². The summed E-state index contributed by atoms with van der Waals surface area (Å²) < 4.78 is 2.00. The lowest BCUT2D eigenvalue weighted by Crippen LogP contribution is -2.28. The van der Waals surface area contributed by atoms with Crippen molar-refractivity contribution < 1.29 is 4.79 Å². The smallest absolute Gasteiger partial charge is 0.253 e. The highest BCUT2D eigenvalue weighted by atomic mass is 32.1. The highest BCUT2D eigenvalue weighted by Crippen LogP contribution is 2.33. The van der Waals surface area contributed by atoms with Gasteiger partial charge >= 0.3 is 0 Å². The fraction of sp³-hybridized carbons (Fsp3) is 0.125. The number of thiophene rings is 1. The van der Waals surface area contributed by atoms with E-state index in [1.54, 1.807) is 11.3 Å². The van der Waals surface area contributed by atoms with Gasteiger partial charge in [-0.3, -0.25) is 4.79 Å². The van der Waals surface area contributed by atoms with Crippen molar-refractivity contribution in [1.29, 1.82) is 0 Å². The van der Waals surface area contributed by atoms with Crippen LogP contribution in [0.2, 0.25) is 0 Å². The normalized spacial score (nSPS) is 12.4. The average Bonchev–Trinajstić information content (AvgIpc) is 3.49. The van der Waals surface area contributed by atoms with Crippen molar-refractivity contribution in [3.63, 3.8) is 0 Å². The van der Waals surface area contributed by atoms with Gasteiger partial charge in [0.1, 0.15) is 0 Å². The fourth-order valence-electron chi connectivity index (χ4n) is 4.05. The second-order valence-electron chi connectivity index (χ2n) is 7.24. The minimum atomic E-state index is -0.0387. The number of fused-ring (bicyclic) bond motifs is 2. The minimum absolute atomic E-state index is 0.0387. The molecule has 4 nitrogen and oxygen atoms in total. The second-order valence-corrected chi connectivity index (χ2v) is 8.22. The lowest BCUT2D eigenvalue weighted by Gasteiger charge is -2.16. The van der Waals surface area contributed by atoms with Crippen molar-refractivity contribution in [2.45, 2.75) is 5.92 Å². The van der Waals surface area contributed by atoms with E-state index >= 15 is 0 Å². The van der Waals surface area contributed by atoms with E-state index in [-0.39, 0.29) is 11.8 Å². The van der Waals surface area contributed by atoms with E-state index < -0.39 is 0 Å². The predicted octanol–water partition coefficient (Wildman–Crippen LogP) is 5.28. The SMILES string of the molecule is Cn1cc(C(=O)NC[C@@H](c2cccs2)c2c[nH]c3ccccc23)c2ccccc21. The van der Waals surface area contributed by atoms with Gasteiger partial charge in [0.25, 0.3) is 5.91 Å². The number of nitrogens with one attached hydrogen (secondary N) is 2. The highest BCUT2D eigenvalue weighted by molar-refractivity contribution is 7.10. The first kappa shape index (κ1) is 17.8. The Morgan fingerprint density at radius 3 is 2.69 bits per heavy atom. The zero-order chi connectivity index (χ0) is 19.8. The van der Waals surface area contributed by atoms with Crippen LogP contribution in [0, 0.1) is 0 Å². The molecule has 2 N–H and O–H groups in total. The molecule has 0 fully saturated rings. The predicted molar refractivity (Wildman–Crippen MR) is 120 cm³/mol.